The van der Waals surface area contributed by atoms with E-state index in [-0.39, 0.29) is 29.8 Å². The zero-order chi connectivity index (χ0) is 21.4. The van der Waals surface area contributed by atoms with Crippen molar-refractivity contribution >= 4 is 15.9 Å². The van der Waals surface area contributed by atoms with Gasteiger partial charge in [0.2, 0.25) is 15.9 Å². The molecule has 156 valence electrons. The SMILES string of the molecule is CN(C)S(=O)(=O)c1ccc(C(=O)N2CC(Oc3cccc(C(F)(F)F)n3)C2)cc1. The minimum absolute atomic E-state index is 0.0690. The number of likely N-dealkylation sites (tertiary alicyclic amines) is 1. The van der Waals surface area contributed by atoms with E-state index in [1.54, 1.807) is 0 Å². The highest BCUT2D eigenvalue weighted by molar-refractivity contribution is 7.89. The first-order chi connectivity index (χ1) is 13.5. The molecule has 0 saturated carbocycles. The molecule has 1 fully saturated rings. The van der Waals surface area contributed by atoms with Crippen molar-refractivity contribution in [3.05, 3.63) is 53.7 Å². The Labute approximate surface area is 165 Å². The van der Waals surface area contributed by atoms with Crippen molar-refractivity contribution in [2.45, 2.75) is 17.2 Å². The average Bonchev–Trinajstić information content (AvgIpc) is 2.63. The maximum atomic E-state index is 12.7. The predicted molar refractivity (Wildman–Crippen MR) is 96.9 cm³/mol. The second-order valence-electron chi connectivity index (χ2n) is 6.62. The van der Waals surface area contributed by atoms with Crippen LogP contribution < -0.4 is 4.74 Å². The van der Waals surface area contributed by atoms with Gasteiger partial charge in [-0.2, -0.15) is 13.2 Å². The summed E-state index contributed by atoms with van der Waals surface area (Å²) >= 11 is 0. The molecule has 0 unspecified atom stereocenters. The summed E-state index contributed by atoms with van der Waals surface area (Å²) < 4.78 is 68.7. The molecule has 2 heterocycles. The number of aromatic nitrogens is 1. The molecule has 0 atom stereocenters. The number of pyridine rings is 1. The van der Waals surface area contributed by atoms with Crippen molar-refractivity contribution in [2.75, 3.05) is 27.2 Å². The molecular weight excluding hydrogens is 411 g/mol. The van der Waals surface area contributed by atoms with E-state index >= 15 is 0 Å². The van der Waals surface area contributed by atoms with Gasteiger partial charge in [-0.3, -0.25) is 4.79 Å². The molecule has 1 amide bonds. The molecule has 29 heavy (non-hydrogen) atoms. The lowest BCUT2D eigenvalue weighted by molar-refractivity contribution is -0.141. The lowest BCUT2D eigenvalue weighted by atomic mass is 10.1. The minimum Gasteiger partial charge on any atom is -0.471 e. The van der Waals surface area contributed by atoms with Crippen LogP contribution in [0.4, 0.5) is 13.2 Å². The van der Waals surface area contributed by atoms with E-state index in [2.05, 4.69) is 4.98 Å². The summed E-state index contributed by atoms with van der Waals surface area (Å²) in [6, 6.07) is 8.91. The average molecular weight is 429 g/mol. The van der Waals surface area contributed by atoms with Crippen molar-refractivity contribution in [1.82, 2.24) is 14.2 Å². The number of sulfonamides is 1. The van der Waals surface area contributed by atoms with Crippen molar-refractivity contribution in [3.63, 3.8) is 0 Å². The summed E-state index contributed by atoms with van der Waals surface area (Å²) in [6.07, 6.45) is -5.03. The van der Waals surface area contributed by atoms with Gasteiger partial charge in [0.15, 0.2) is 0 Å². The molecule has 7 nitrogen and oxygen atoms in total. The Bertz CT molecular complexity index is 1000. The highest BCUT2D eigenvalue weighted by Gasteiger charge is 2.35. The monoisotopic (exact) mass is 429 g/mol. The number of hydrogen-bond donors (Lipinski definition) is 0. The fraction of sp³-hybridized carbons (Fsp3) is 0.333. The molecule has 1 aromatic heterocycles. The summed E-state index contributed by atoms with van der Waals surface area (Å²) in [4.78, 5) is 17.4. The van der Waals surface area contributed by atoms with Gasteiger partial charge in [-0.15, -0.1) is 0 Å². The number of ether oxygens (including phenoxy) is 1. The zero-order valence-electron chi connectivity index (χ0n) is 15.5. The Morgan fingerprint density at radius 1 is 1.14 bits per heavy atom. The van der Waals surface area contributed by atoms with Gasteiger partial charge < -0.3 is 9.64 Å². The molecule has 0 spiro atoms. The molecule has 11 heteroatoms. The third-order valence-electron chi connectivity index (χ3n) is 4.32. The van der Waals surface area contributed by atoms with Crippen molar-refractivity contribution in [1.29, 1.82) is 0 Å². The third-order valence-corrected chi connectivity index (χ3v) is 6.15. The highest BCUT2D eigenvalue weighted by atomic mass is 32.2. The second-order valence-corrected chi connectivity index (χ2v) is 8.77. The van der Waals surface area contributed by atoms with E-state index in [1.165, 1.54) is 55.4 Å². The third kappa shape index (κ3) is 4.51. The van der Waals surface area contributed by atoms with E-state index in [9.17, 15) is 26.4 Å². The van der Waals surface area contributed by atoms with E-state index in [0.29, 0.717) is 5.56 Å². The van der Waals surface area contributed by atoms with Gasteiger partial charge in [0, 0.05) is 25.7 Å². The van der Waals surface area contributed by atoms with E-state index in [4.69, 9.17) is 4.74 Å². The van der Waals surface area contributed by atoms with Crippen LogP contribution in [0.1, 0.15) is 16.1 Å². The normalized spacial score (nSPS) is 15.3. The number of nitrogens with zero attached hydrogens (tertiary/aromatic N) is 3. The quantitative estimate of drug-likeness (QED) is 0.729. The fourth-order valence-electron chi connectivity index (χ4n) is 2.65. The van der Waals surface area contributed by atoms with Gasteiger partial charge in [-0.1, -0.05) is 6.07 Å². The van der Waals surface area contributed by atoms with Gasteiger partial charge in [-0.25, -0.2) is 17.7 Å². The summed E-state index contributed by atoms with van der Waals surface area (Å²) in [7, 11) is -0.766. The van der Waals surface area contributed by atoms with Gasteiger partial charge in [-0.05, 0) is 30.3 Å². The molecule has 0 N–H and O–H groups in total. The number of benzene rings is 1. The largest absolute Gasteiger partial charge is 0.471 e. The highest BCUT2D eigenvalue weighted by Crippen LogP contribution is 2.29. The summed E-state index contributed by atoms with van der Waals surface area (Å²) in [5.74, 6) is -0.481. The maximum absolute atomic E-state index is 12.7. The number of halogens is 3. The first-order valence-corrected chi connectivity index (χ1v) is 9.95. The van der Waals surface area contributed by atoms with E-state index < -0.39 is 28.0 Å². The molecule has 2 aromatic rings. The second kappa shape index (κ2) is 7.64. The van der Waals surface area contributed by atoms with Crippen LogP contribution in [0.3, 0.4) is 0 Å². The van der Waals surface area contributed by atoms with Crippen molar-refractivity contribution in [3.8, 4) is 5.88 Å². The minimum atomic E-state index is -4.56. The Balaban J connectivity index is 1.59. The van der Waals surface area contributed by atoms with Crippen LogP contribution in [0.15, 0.2) is 47.4 Å². The smallest absolute Gasteiger partial charge is 0.433 e. The van der Waals surface area contributed by atoms with Gasteiger partial charge in [0.1, 0.15) is 11.8 Å². The molecule has 0 bridgehead atoms. The van der Waals surface area contributed by atoms with Crippen LogP contribution >= 0.6 is 0 Å². The first-order valence-electron chi connectivity index (χ1n) is 8.51. The standard InChI is InChI=1S/C18H18F3N3O4S/c1-23(2)29(26,27)14-8-6-12(7-9-14)17(25)24-10-13(11-24)28-16-5-3-4-15(22-16)18(19,20)21/h3-9,13H,10-11H2,1-2H3. The molecule has 1 aliphatic heterocycles. The summed E-state index contributed by atoms with van der Waals surface area (Å²) in [5, 5.41) is 0. The summed E-state index contributed by atoms with van der Waals surface area (Å²) in [5.41, 5.74) is -0.742. The van der Waals surface area contributed by atoms with Crippen LogP contribution in [0.25, 0.3) is 0 Å². The lowest BCUT2D eigenvalue weighted by Gasteiger charge is -2.38. The van der Waals surface area contributed by atoms with Gasteiger partial charge in [0.05, 0.1) is 18.0 Å². The van der Waals surface area contributed by atoms with Crippen LogP contribution in [0.5, 0.6) is 5.88 Å². The molecule has 1 saturated heterocycles. The Morgan fingerprint density at radius 2 is 1.76 bits per heavy atom. The van der Waals surface area contributed by atoms with E-state index in [1.807, 2.05) is 0 Å². The van der Waals surface area contributed by atoms with Crippen LogP contribution in [-0.2, 0) is 16.2 Å². The number of amides is 1. The van der Waals surface area contributed by atoms with Crippen LogP contribution in [0.2, 0.25) is 0 Å². The number of hydrogen-bond acceptors (Lipinski definition) is 5. The molecule has 0 aliphatic carbocycles. The molecule has 1 aliphatic rings. The molecular formula is C18H18F3N3O4S. The van der Waals surface area contributed by atoms with Crippen LogP contribution in [-0.4, -0.2) is 61.8 Å². The first kappa shape index (κ1) is 21.1. The number of alkyl halides is 3. The Hall–Kier alpha value is -2.66. The van der Waals surface area contributed by atoms with E-state index in [0.717, 1.165) is 10.4 Å². The maximum Gasteiger partial charge on any atom is 0.433 e. The topological polar surface area (TPSA) is 79.8 Å². The molecule has 0 radical (unpaired) electrons. The van der Waals surface area contributed by atoms with Crippen molar-refractivity contribution < 1.29 is 31.1 Å². The van der Waals surface area contributed by atoms with Crippen LogP contribution in [0, 0.1) is 0 Å². The predicted octanol–water partition coefficient (Wildman–Crippen LogP) is 2.25. The van der Waals surface area contributed by atoms with Crippen molar-refractivity contribution in [2.24, 2.45) is 0 Å². The summed E-state index contributed by atoms with van der Waals surface area (Å²) in [6.45, 7) is 0.378. The number of carbonyl (C=O) groups is 1. The molecule has 3 rings (SSSR count). The number of carbonyl (C=O) groups excluding carboxylic acids is 1. The molecule has 1 aromatic carbocycles. The number of rotatable bonds is 5. The fourth-order valence-corrected chi connectivity index (χ4v) is 3.55. The van der Waals surface area contributed by atoms with Gasteiger partial charge in [0.25, 0.3) is 5.91 Å². The Morgan fingerprint density at radius 3 is 2.31 bits per heavy atom. The van der Waals surface area contributed by atoms with Gasteiger partial charge >= 0.3 is 6.18 Å². The zero-order valence-corrected chi connectivity index (χ0v) is 16.4. The lowest BCUT2D eigenvalue weighted by Crippen LogP contribution is -2.56. The Kier molecular flexibility index (Phi) is 5.54.